The summed E-state index contributed by atoms with van der Waals surface area (Å²) >= 11 is 0. The lowest BCUT2D eigenvalue weighted by Crippen LogP contribution is -2.48. The van der Waals surface area contributed by atoms with Gasteiger partial charge in [0.15, 0.2) is 5.84 Å². The van der Waals surface area contributed by atoms with E-state index in [1.165, 1.54) is 0 Å². The first-order valence-corrected chi connectivity index (χ1v) is 6.25. The van der Waals surface area contributed by atoms with Crippen molar-refractivity contribution in [2.24, 2.45) is 22.7 Å². The molecule has 1 saturated heterocycles. The van der Waals surface area contributed by atoms with Crippen molar-refractivity contribution in [1.82, 2.24) is 4.90 Å². The summed E-state index contributed by atoms with van der Waals surface area (Å²) in [5.41, 5.74) is 5.61. The highest BCUT2D eigenvalue weighted by molar-refractivity contribution is 6.02. The summed E-state index contributed by atoms with van der Waals surface area (Å²) in [7, 11) is 1.75. The topological polar surface area (TPSA) is 88.2 Å². The van der Waals surface area contributed by atoms with Crippen LogP contribution in [0.5, 0.6) is 0 Å². The number of nitrogens with two attached hydrogens (primary N) is 1. The molecule has 1 fully saturated rings. The Morgan fingerprint density at radius 1 is 1.56 bits per heavy atom. The van der Waals surface area contributed by atoms with Crippen molar-refractivity contribution in [2.45, 2.75) is 39.3 Å². The molecule has 0 aromatic carbocycles. The van der Waals surface area contributed by atoms with E-state index < -0.39 is 5.92 Å². The summed E-state index contributed by atoms with van der Waals surface area (Å²) in [5, 5.41) is 11.7. The van der Waals surface area contributed by atoms with Crippen molar-refractivity contribution in [3.05, 3.63) is 0 Å². The van der Waals surface area contributed by atoms with Crippen molar-refractivity contribution in [1.29, 1.82) is 0 Å². The standard InChI is InChI=1S/C12H23N3O3/c1-7(2)10(11(13)14-17)12(16)15(4)9-5-6-18-8(9)3/h7-10,17H,5-6H2,1-4H3,(H2,13,14). The van der Waals surface area contributed by atoms with E-state index in [1.54, 1.807) is 11.9 Å². The highest BCUT2D eigenvalue weighted by Crippen LogP contribution is 2.22. The molecule has 6 heteroatoms. The number of likely N-dealkylation sites (N-methyl/N-ethyl adjacent to an activating group) is 1. The molecule has 0 saturated carbocycles. The van der Waals surface area contributed by atoms with E-state index in [9.17, 15) is 4.79 Å². The van der Waals surface area contributed by atoms with Gasteiger partial charge in [0.05, 0.1) is 12.1 Å². The SMILES string of the molecule is CC(C)C(C(=O)N(C)C1CCOC1C)C(N)=NO. The molecule has 0 spiro atoms. The summed E-state index contributed by atoms with van der Waals surface area (Å²) in [6.45, 7) is 6.38. The summed E-state index contributed by atoms with van der Waals surface area (Å²) in [6.07, 6.45) is 0.851. The number of ether oxygens (including phenoxy) is 1. The summed E-state index contributed by atoms with van der Waals surface area (Å²) in [5.74, 6) is -0.766. The molecule has 3 N–H and O–H groups in total. The first kappa shape index (κ1) is 14.8. The number of amidine groups is 1. The zero-order valence-corrected chi connectivity index (χ0v) is 11.5. The molecule has 3 unspecified atom stereocenters. The fourth-order valence-corrected chi connectivity index (χ4v) is 2.43. The van der Waals surface area contributed by atoms with Crippen molar-refractivity contribution in [3.63, 3.8) is 0 Å². The minimum Gasteiger partial charge on any atom is -0.409 e. The first-order valence-electron chi connectivity index (χ1n) is 6.25. The average Bonchev–Trinajstić information content (AvgIpc) is 2.73. The normalized spacial score (nSPS) is 26.4. The van der Waals surface area contributed by atoms with Crippen LogP contribution < -0.4 is 5.73 Å². The largest absolute Gasteiger partial charge is 0.409 e. The molecular weight excluding hydrogens is 234 g/mol. The Kier molecular flexibility index (Phi) is 4.95. The lowest BCUT2D eigenvalue weighted by atomic mass is 9.92. The summed E-state index contributed by atoms with van der Waals surface area (Å²) < 4.78 is 5.46. The van der Waals surface area contributed by atoms with Crippen LogP contribution in [0.3, 0.4) is 0 Å². The Balaban J connectivity index is 2.83. The monoisotopic (exact) mass is 257 g/mol. The van der Waals surface area contributed by atoms with Gasteiger partial charge < -0.3 is 20.6 Å². The molecule has 0 aromatic heterocycles. The first-order chi connectivity index (χ1) is 8.40. The molecule has 0 bridgehead atoms. The second-order valence-electron chi connectivity index (χ2n) is 5.13. The highest BCUT2D eigenvalue weighted by Gasteiger charge is 2.36. The Bertz CT molecular complexity index is 331. The lowest BCUT2D eigenvalue weighted by Gasteiger charge is -2.31. The van der Waals surface area contributed by atoms with E-state index in [0.29, 0.717) is 6.61 Å². The lowest BCUT2D eigenvalue weighted by molar-refractivity contribution is -0.136. The van der Waals surface area contributed by atoms with Crippen molar-refractivity contribution >= 4 is 11.7 Å². The minimum absolute atomic E-state index is 0.0199. The van der Waals surface area contributed by atoms with Crippen LogP contribution in [0.15, 0.2) is 5.16 Å². The average molecular weight is 257 g/mol. The van der Waals surface area contributed by atoms with E-state index >= 15 is 0 Å². The molecule has 0 aromatic rings. The van der Waals surface area contributed by atoms with E-state index in [-0.39, 0.29) is 29.8 Å². The minimum atomic E-state index is -0.590. The van der Waals surface area contributed by atoms with E-state index in [2.05, 4.69) is 5.16 Å². The third-order valence-electron chi connectivity index (χ3n) is 3.55. The van der Waals surface area contributed by atoms with Crippen LogP contribution in [0.4, 0.5) is 0 Å². The van der Waals surface area contributed by atoms with Crippen molar-refractivity contribution < 1.29 is 14.7 Å². The molecule has 1 rings (SSSR count). The third kappa shape index (κ3) is 2.93. The summed E-state index contributed by atoms with van der Waals surface area (Å²) in [6, 6.07) is 0.0604. The van der Waals surface area contributed by atoms with Crippen molar-refractivity contribution in [3.8, 4) is 0 Å². The van der Waals surface area contributed by atoms with Crippen LogP contribution in [0, 0.1) is 11.8 Å². The molecule has 6 nitrogen and oxygen atoms in total. The predicted molar refractivity (Wildman–Crippen MR) is 68.3 cm³/mol. The molecule has 1 amide bonds. The van der Waals surface area contributed by atoms with Crippen LogP contribution >= 0.6 is 0 Å². The van der Waals surface area contributed by atoms with E-state index in [0.717, 1.165) is 6.42 Å². The number of carbonyl (C=O) groups is 1. The number of rotatable bonds is 4. The summed E-state index contributed by atoms with van der Waals surface area (Å²) in [4.78, 5) is 14.1. The molecule has 0 aliphatic carbocycles. The Morgan fingerprint density at radius 3 is 2.56 bits per heavy atom. The Morgan fingerprint density at radius 2 is 2.17 bits per heavy atom. The van der Waals surface area contributed by atoms with Gasteiger partial charge in [0, 0.05) is 13.7 Å². The Hall–Kier alpha value is -1.30. The highest BCUT2D eigenvalue weighted by atomic mass is 16.5. The van der Waals surface area contributed by atoms with Crippen LogP contribution in [-0.2, 0) is 9.53 Å². The van der Waals surface area contributed by atoms with Gasteiger partial charge in [-0.1, -0.05) is 19.0 Å². The maximum Gasteiger partial charge on any atom is 0.233 e. The predicted octanol–water partition coefficient (Wildman–Crippen LogP) is 0.641. The fraction of sp³-hybridized carbons (Fsp3) is 0.833. The van der Waals surface area contributed by atoms with Gasteiger partial charge in [0.25, 0.3) is 0 Å². The maximum absolute atomic E-state index is 12.4. The van der Waals surface area contributed by atoms with Gasteiger partial charge in [-0.05, 0) is 19.3 Å². The second kappa shape index (κ2) is 6.04. The molecule has 3 atom stereocenters. The zero-order valence-electron chi connectivity index (χ0n) is 11.5. The molecule has 1 aliphatic rings. The van der Waals surface area contributed by atoms with Crippen LogP contribution in [0.1, 0.15) is 27.2 Å². The second-order valence-corrected chi connectivity index (χ2v) is 5.13. The number of oxime groups is 1. The fourth-order valence-electron chi connectivity index (χ4n) is 2.43. The van der Waals surface area contributed by atoms with Gasteiger partial charge in [-0.25, -0.2) is 0 Å². The maximum atomic E-state index is 12.4. The van der Waals surface area contributed by atoms with Crippen LogP contribution in [-0.4, -0.2) is 47.7 Å². The molecule has 104 valence electrons. The van der Waals surface area contributed by atoms with Crippen LogP contribution in [0.2, 0.25) is 0 Å². The number of nitrogens with zero attached hydrogens (tertiary/aromatic N) is 2. The number of hydrogen-bond acceptors (Lipinski definition) is 4. The molecule has 1 heterocycles. The van der Waals surface area contributed by atoms with Gasteiger partial charge in [-0.15, -0.1) is 0 Å². The Labute approximate surface area is 108 Å². The molecule has 0 radical (unpaired) electrons. The van der Waals surface area contributed by atoms with Gasteiger partial charge in [-0.2, -0.15) is 0 Å². The van der Waals surface area contributed by atoms with E-state index in [4.69, 9.17) is 15.7 Å². The third-order valence-corrected chi connectivity index (χ3v) is 3.55. The van der Waals surface area contributed by atoms with Gasteiger partial charge in [0.1, 0.15) is 5.92 Å². The number of hydrogen-bond donors (Lipinski definition) is 2. The molecular formula is C12H23N3O3. The van der Waals surface area contributed by atoms with Crippen LogP contribution in [0.25, 0.3) is 0 Å². The number of amides is 1. The molecule has 1 aliphatic heterocycles. The van der Waals surface area contributed by atoms with Crippen molar-refractivity contribution in [2.75, 3.05) is 13.7 Å². The zero-order chi connectivity index (χ0) is 13.9. The smallest absolute Gasteiger partial charge is 0.233 e. The number of carbonyl (C=O) groups excluding carboxylic acids is 1. The van der Waals surface area contributed by atoms with E-state index in [1.807, 2.05) is 20.8 Å². The molecule has 18 heavy (non-hydrogen) atoms. The van der Waals surface area contributed by atoms with Gasteiger partial charge in [0.2, 0.25) is 5.91 Å². The quantitative estimate of drug-likeness (QED) is 0.335. The van der Waals surface area contributed by atoms with Gasteiger partial charge >= 0.3 is 0 Å². The van der Waals surface area contributed by atoms with Gasteiger partial charge in [-0.3, -0.25) is 4.79 Å².